The lowest BCUT2D eigenvalue weighted by Crippen LogP contribution is -2.18. The van der Waals surface area contributed by atoms with Crippen molar-refractivity contribution in [3.8, 4) is 0 Å². The maximum absolute atomic E-state index is 12.3. The van der Waals surface area contributed by atoms with Gasteiger partial charge in [-0.2, -0.15) is 0 Å². The van der Waals surface area contributed by atoms with E-state index in [-0.39, 0.29) is 18.4 Å². The Labute approximate surface area is 150 Å². The number of anilines is 1. The van der Waals surface area contributed by atoms with Crippen molar-refractivity contribution < 1.29 is 14.3 Å². The molecule has 0 fully saturated rings. The number of benzene rings is 1. The van der Waals surface area contributed by atoms with Crippen LogP contribution in [0.1, 0.15) is 40.2 Å². The molecule has 1 heterocycles. The number of hydrogen-bond donors (Lipinski definition) is 1. The molecule has 24 heavy (non-hydrogen) atoms. The van der Waals surface area contributed by atoms with Gasteiger partial charge in [-0.15, -0.1) is 11.3 Å². The first-order valence-electron chi connectivity index (χ1n) is 7.63. The van der Waals surface area contributed by atoms with Gasteiger partial charge in [0.25, 0.3) is 0 Å². The van der Waals surface area contributed by atoms with E-state index in [0.717, 1.165) is 16.0 Å². The number of thiophene rings is 1. The van der Waals surface area contributed by atoms with Crippen molar-refractivity contribution in [3.63, 3.8) is 0 Å². The zero-order valence-corrected chi connectivity index (χ0v) is 15.7. The fourth-order valence-corrected chi connectivity index (χ4v) is 3.38. The maximum Gasteiger partial charge on any atom is 0.341 e. The standard InChI is InChI=1S/C18H20ClNO3S/c1-10(2)23-18(22)16-11(3)12(4)24-17(16)20-15(21)9-13-5-7-14(19)8-6-13/h5-8,10H,9H2,1-4H3,(H,20,21). The maximum atomic E-state index is 12.3. The Morgan fingerprint density at radius 1 is 1.21 bits per heavy atom. The van der Waals surface area contributed by atoms with Crippen LogP contribution < -0.4 is 5.32 Å². The molecule has 1 amide bonds. The molecular weight excluding hydrogens is 346 g/mol. The van der Waals surface area contributed by atoms with Gasteiger partial charge in [0.15, 0.2) is 0 Å². The zero-order chi connectivity index (χ0) is 17.9. The molecule has 0 aliphatic rings. The van der Waals surface area contributed by atoms with Crippen LogP contribution in [-0.2, 0) is 16.0 Å². The number of aryl methyl sites for hydroxylation is 1. The van der Waals surface area contributed by atoms with E-state index in [1.807, 2.05) is 13.8 Å². The molecule has 6 heteroatoms. The van der Waals surface area contributed by atoms with E-state index in [4.69, 9.17) is 16.3 Å². The van der Waals surface area contributed by atoms with Crippen LogP contribution in [0.2, 0.25) is 5.02 Å². The van der Waals surface area contributed by atoms with Gasteiger partial charge < -0.3 is 10.1 Å². The Bertz CT molecular complexity index is 750. The Morgan fingerprint density at radius 2 is 1.83 bits per heavy atom. The number of carbonyl (C=O) groups excluding carboxylic acids is 2. The highest BCUT2D eigenvalue weighted by atomic mass is 35.5. The first-order chi connectivity index (χ1) is 11.3. The average molecular weight is 366 g/mol. The molecule has 0 unspecified atom stereocenters. The summed E-state index contributed by atoms with van der Waals surface area (Å²) in [4.78, 5) is 25.6. The molecule has 0 aliphatic carbocycles. The van der Waals surface area contributed by atoms with Crippen LogP contribution in [0, 0.1) is 13.8 Å². The van der Waals surface area contributed by atoms with Crippen molar-refractivity contribution in [3.05, 3.63) is 50.9 Å². The largest absolute Gasteiger partial charge is 0.459 e. The van der Waals surface area contributed by atoms with Gasteiger partial charge in [0.05, 0.1) is 18.1 Å². The highest BCUT2D eigenvalue weighted by Gasteiger charge is 2.23. The van der Waals surface area contributed by atoms with Crippen molar-refractivity contribution in [2.24, 2.45) is 0 Å². The lowest BCUT2D eigenvalue weighted by atomic mass is 10.1. The topological polar surface area (TPSA) is 55.4 Å². The first-order valence-corrected chi connectivity index (χ1v) is 8.82. The van der Waals surface area contributed by atoms with Crippen molar-refractivity contribution in [1.82, 2.24) is 0 Å². The van der Waals surface area contributed by atoms with E-state index in [2.05, 4.69) is 5.32 Å². The van der Waals surface area contributed by atoms with Crippen LogP contribution in [-0.4, -0.2) is 18.0 Å². The molecule has 128 valence electrons. The summed E-state index contributed by atoms with van der Waals surface area (Å²) in [5, 5.41) is 4.00. The number of rotatable bonds is 5. The number of ether oxygens (including phenoxy) is 1. The normalized spacial score (nSPS) is 10.8. The number of halogens is 1. The number of esters is 1. The fourth-order valence-electron chi connectivity index (χ4n) is 2.19. The summed E-state index contributed by atoms with van der Waals surface area (Å²) < 4.78 is 5.29. The van der Waals surface area contributed by atoms with Gasteiger partial charge >= 0.3 is 5.97 Å². The summed E-state index contributed by atoms with van der Waals surface area (Å²) >= 11 is 7.23. The lowest BCUT2D eigenvalue weighted by molar-refractivity contribution is -0.115. The minimum absolute atomic E-state index is 0.183. The van der Waals surface area contributed by atoms with Gasteiger partial charge in [-0.25, -0.2) is 4.79 Å². The molecule has 0 bridgehead atoms. The quantitative estimate of drug-likeness (QED) is 0.777. The Balaban J connectivity index is 2.16. The molecule has 0 saturated heterocycles. The molecule has 0 saturated carbocycles. The molecule has 1 N–H and O–H groups in total. The third-order valence-electron chi connectivity index (χ3n) is 3.46. The fraction of sp³-hybridized carbons (Fsp3) is 0.333. The highest BCUT2D eigenvalue weighted by molar-refractivity contribution is 7.16. The van der Waals surface area contributed by atoms with E-state index in [0.29, 0.717) is 15.6 Å². The second kappa shape index (κ2) is 7.81. The van der Waals surface area contributed by atoms with Crippen LogP contribution in [0.15, 0.2) is 24.3 Å². The molecular formula is C18H20ClNO3S. The Morgan fingerprint density at radius 3 is 2.42 bits per heavy atom. The van der Waals surface area contributed by atoms with Crippen molar-refractivity contribution in [1.29, 1.82) is 0 Å². The average Bonchev–Trinajstić information content (AvgIpc) is 2.75. The smallest absolute Gasteiger partial charge is 0.341 e. The summed E-state index contributed by atoms with van der Waals surface area (Å²) in [6.07, 6.45) is 0.000902. The second-order valence-electron chi connectivity index (χ2n) is 5.79. The molecule has 2 rings (SSSR count). The van der Waals surface area contributed by atoms with E-state index in [1.165, 1.54) is 11.3 Å². The predicted molar refractivity (Wildman–Crippen MR) is 98.1 cm³/mol. The van der Waals surface area contributed by atoms with Crippen molar-refractivity contribution in [2.45, 2.75) is 40.2 Å². The molecule has 0 radical (unpaired) electrons. The zero-order valence-electron chi connectivity index (χ0n) is 14.1. The van der Waals surface area contributed by atoms with Gasteiger partial charge in [0.2, 0.25) is 5.91 Å². The Hall–Kier alpha value is -1.85. The van der Waals surface area contributed by atoms with Crippen molar-refractivity contribution >= 4 is 39.8 Å². The van der Waals surface area contributed by atoms with Crippen molar-refractivity contribution in [2.75, 3.05) is 5.32 Å². The van der Waals surface area contributed by atoms with E-state index in [1.54, 1.807) is 38.1 Å². The lowest BCUT2D eigenvalue weighted by Gasteiger charge is -2.10. The first kappa shape index (κ1) is 18.5. The van der Waals surface area contributed by atoms with E-state index >= 15 is 0 Å². The van der Waals surface area contributed by atoms with E-state index < -0.39 is 5.97 Å². The summed E-state index contributed by atoms with van der Waals surface area (Å²) in [5.41, 5.74) is 2.14. The summed E-state index contributed by atoms with van der Waals surface area (Å²) in [6, 6.07) is 7.10. The number of nitrogens with one attached hydrogen (secondary N) is 1. The Kier molecular flexibility index (Phi) is 6.02. The number of amides is 1. The van der Waals surface area contributed by atoms with Crippen LogP contribution in [0.3, 0.4) is 0 Å². The highest BCUT2D eigenvalue weighted by Crippen LogP contribution is 2.33. The monoisotopic (exact) mass is 365 g/mol. The number of carbonyl (C=O) groups is 2. The van der Waals surface area contributed by atoms with Gasteiger partial charge in [-0.05, 0) is 51.0 Å². The third-order valence-corrected chi connectivity index (χ3v) is 4.84. The molecule has 1 aromatic heterocycles. The molecule has 4 nitrogen and oxygen atoms in total. The second-order valence-corrected chi connectivity index (χ2v) is 7.45. The molecule has 0 atom stereocenters. The van der Waals surface area contributed by atoms with Crippen LogP contribution >= 0.6 is 22.9 Å². The molecule has 1 aromatic carbocycles. The molecule has 0 spiro atoms. The van der Waals surface area contributed by atoms with Gasteiger partial charge in [-0.1, -0.05) is 23.7 Å². The SMILES string of the molecule is Cc1sc(NC(=O)Cc2ccc(Cl)cc2)c(C(=O)OC(C)C)c1C. The predicted octanol–water partition coefficient (Wildman–Crippen LogP) is 4.76. The van der Waals surface area contributed by atoms with Gasteiger partial charge in [0, 0.05) is 9.90 Å². The molecule has 0 aliphatic heterocycles. The van der Waals surface area contributed by atoms with Gasteiger partial charge in [-0.3, -0.25) is 4.79 Å². The van der Waals surface area contributed by atoms with Crippen LogP contribution in [0.4, 0.5) is 5.00 Å². The van der Waals surface area contributed by atoms with Crippen LogP contribution in [0.5, 0.6) is 0 Å². The third kappa shape index (κ3) is 4.58. The van der Waals surface area contributed by atoms with E-state index in [9.17, 15) is 9.59 Å². The van der Waals surface area contributed by atoms with Crippen LogP contribution in [0.25, 0.3) is 0 Å². The molecule has 2 aromatic rings. The number of hydrogen-bond acceptors (Lipinski definition) is 4. The minimum Gasteiger partial charge on any atom is -0.459 e. The summed E-state index contributed by atoms with van der Waals surface area (Å²) in [7, 11) is 0. The minimum atomic E-state index is -0.409. The summed E-state index contributed by atoms with van der Waals surface area (Å²) in [5.74, 6) is -0.592. The van der Waals surface area contributed by atoms with Gasteiger partial charge in [0.1, 0.15) is 5.00 Å². The summed E-state index contributed by atoms with van der Waals surface area (Å²) in [6.45, 7) is 7.37.